The number of H-pyrrole nitrogens is 1. The lowest BCUT2D eigenvalue weighted by atomic mass is 9.90. The van der Waals surface area contributed by atoms with E-state index in [0.717, 1.165) is 67.2 Å². The summed E-state index contributed by atoms with van der Waals surface area (Å²) in [7, 11) is 0. The number of halogens is 2. The molecule has 1 amide bonds. The Morgan fingerprint density at radius 3 is 2.77 bits per heavy atom. The van der Waals surface area contributed by atoms with Gasteiger partial charge in [-0.15, -0.1) is 0 Å². The van der Waals surface area contributed by atoms with Gasteiger partial charge in [-0.25, -0.2) is 8.78 Å². The first-order valence-corrected chi connectivity index (χ1v) is 12.6. The first kappa shape index (κ1) is 22.1. The van der Waals surface area contributed by atoms with E-state index >= 15 is 0 Å². The molecule has 0 radical (unpaired) electrons. The standard InChI is InChI=1S/C28H29F2N3O2/c29-18-6-11-26-23(13-18)17(15-31-26)3-2-12-33(20-4-1-5-20)21-14-24-22(28(34)32-19-7-8-19)9-10-25(30)27(24)35-16-21/h6,9-11,13-15,19-20,31H,1-5,7-8,12,16H2,(H,32,34). The summed E-state index contributed by atoms with van der Waals surface area (Å²) >= 11 is 0. The predicted molar refractivity (Wildman–Crippen MR) is 131 cm³/mol. The van der Waals surface area contributed by atoms with Crippen molar-refractivity contribution in [3.05, 3.63) is 70.6 Å². The van der Waals surface area contributed by atoms with Crippen LogP contribution in [0.15, 0.2) is 42.2 Å². The number of amides is 1. The number of aryl methyl sites for hydroxylation is 1. The Hall–Kier alpha value is -3.35. The fourth-order valence-corrected chi connectivity index (χ4v) is 5.13. The van der Waals surface area contributed by atoms with E-state index in [1.807, 2.05) is 12.3 Å². The summed E-state index contributed by atoms with van der Waals surface area (Å²) in [5.41, 5.74) is 4.02. The van der Waals surface area contributed by atoms with Crippen LogP contribution >= 0.6 is 0 Å². The number of rotatable bonds is 8. The normalized spacial score (nSPS) is 17.4. The number of carbonyl (C=O) groups is 1. The van der Waals surface area contributed by atoms with Crippen LogP contribution in [-0.2, 0) is 6.42 Å². The van der Waals surface area contributed by atoms with Crippen LogP contribution in [-0.4, -0.2) is 41.0 Å². The Morgan fingerprint density at radius 1 is 1.14 bits per heavy atom. The molecule has 2 aliphatic carbocycles. The summed E-state index contributed by atoms with van der Waals surface area (Å²) in [6.07, 6.45) is 11.0. The van der Waals surface area contributed by atoms with E-state index in [1.54, 1.807) is 18.2 Å². The molecule has 1 aromatic heterocycles. The number of nitrogens with one attached hydrogen (secondary N) is 2. The van der Waals surface area contributed by atoms with Gasteiger partial charge in [0.05, 0.1) is 11.3 Å². The van der Waals surface area contributed by atoms with Gasteiger partial charge < -0.3 is 19.9 Å². The average molecular weight is 478 g/mol. The summed E-state index contributed by atoms with van der Waals surface area (Å²) in [5.74, 6) is -0.690. The minimum absolute atomic E-state index is 0.159. The first-order chi connectivity index (χ1) is 17.1. The van der Waals surface area contributed by atoms with Crippen LogP contribution in [0.4, 0.5) is 8.78 Å². The van der Waals surface area contributed by atoms with Crippen molar-refractivity contribution < 1.29 is 18.3 Å². The zero-order valence-electron chi connectivity index (χ0n) is 19.6. The highest BCUT2D eigenvalue weighted by molar-refractivity contribution is 5.99. The fraction of sp³-hybridized carbons (Fsp3) is 0.393. The van der Waals surface area contributed by atoms with Gasteiger partial charge in [-0.05, 0) is 86.9 Å². The van der Waals surface area contributed by atoms with Gasteiger partial charge in [0.25, 0.3) is 5.91 Å². The van der Waals surface area contributed by atoms with Crippen molar-refractivity contribution in [1.82, 2.24) is 15.2 Å². The molecule has 2 fully saturated rings. The monoisotopic (exact) mass is 477 g/mol. The first-order valence-electron chi connectivity index (χ1n) is 12.6. The van der Waals surface area contributed by atoms with E-state index < -0.39 is 5.82 Å². The third-order valence-electron chi connectivity index (χ3n) is 7.44. The predicted octanol–water partition coefficient (Wildman–Crippen LogP) is 5.56. The summed E-state index contributed by atoms with van der Waals surface area (Å²) in [5, 5.41) is 3.93. The second kappa shape index (κ2) is 9.02. The number of carbonyl (C=O) groups excluding carboxylic acids is 1. The second-order valence-corrected chi connectivity index (χ2v) is 9.90. The zero-order valence-corrected chi connectivity index (χ0v) is 19.6. The molecule has 2 aromatic carbocycles. The van der Waals surface area contributed by atoms with Gasteiger partial charge in [-0.1, -0.05) is 0 Å². The van der Waals surface area contributed by atoms with Gasteiger partial charge in [-0.3, -0.25) is 4.79 Å². The number of benzene rings is 2. The average Bonchev–Trinajstić information content (AvgIpc) is 3.55. The number of aromatic nitrogens is 1. The molecule has 6 rings (SSSR count). The van der Waals surface area contributed by atoms with E-state index in [2.05, 4.69) is 15.2 Å². The smallest absolute Gasteiger partial charge is 0.252 e. The lowest BCUT2D eigenvalue weighted by molar-refractivity contribution is 0.0950. The third-order valence-corrected chi connectivity index (χ3v) is 7.44. The van der Waals surface area contributed by atoms with Gasteiger partial charge >= 0.3 is 0 Å². The van der Waals surface area contributed by atoms with Gasteiger partial charge in [0.15, 0.2) is 11.6 Å². The lowest BCUT2D eigenvalue weighted by Crippen LogP contribution is -2.42. The van der Waals surface area contributed by atoms with Crippen LogP contribution < -0.4 is 10.1 Å². The highest BCUT2D eigenvalue weighted by Gasteiger charge is 2.31. The van der Waals surface area contributed by atoms with Crippen molar-refractivity contribution in [2.75, 3.05) is 13.2 Å². The van der Waals surface area contributed by atoms with Crippen LogP contribution in [0.1, 0.15) is 60.0 Å². The molecule has 0 spiro atoms. The Bertz CT molecular complexity index is 1310. The van der Waals surface area contributed by atoms with Gasteiger partial charge in [0.2, 0.25) is 0 Å². The number of fused-ring (bicyclic) bond motifs is 2. The molecular weight excluding hydrogens is 448 g/mol. The molecule has 0 atom stereocenters. The molecule has 2 saturated carbocycles. The zero-order chi connectivity index (χ0) is 23.9. The van der Waals surface area contributed by atoms with Gasteiger partial charge in [0.1, 0.15) is 12.4 Å². The minimum Gasteiger partial charge on any atom is -0.484 e. The fourth-order valence-electron chi connectivity index (χ4n) is 5.13. The van der Waals surface area contributed by atoms with Crippen LogP contribution in [0.3, 0.4) is 0 Å². The van der Waals surface area contributed by atoms with Gasteiger partial charge in [0, 0.05) is 41.3 Å². The van der Waals surface area contributed by atoms with Crippen molar-refractivity contribution in [1.29, 1.82) is 0 Å². The van der Waals surface area contributed by atoms with Crippen molar-refractivity contribution >= 4 is 22.9 Å². The van der Waals surface area contributed by atoms with E-state index in [0.29, 0.717) is 17.2 Å². The molecule has 0 saturated heterocycles. The highest BCUT2D eigenvalue weighted by Crippen LogP contribution is 2.36. The molecule has 7 heteroatoms. The summed E-state index contributed by atoms with van der Waals surface area (Å²) in [6.45, 7) is 1.10. The SMILES string of the molecule is O=C(NC1CC1)c1ccc(F)c2c1C=C(N(CCCc1c[nH]c3ccc(F)cc13)C1CCC1)CO2. The molecule has 2 N–H and O–H groups in total. The number of hydrogen-bond donors (Lipinski definition) is 2. The Kier molecular flexibility index (Phi) is 5.71. The number of ether oxygens (including phenoxy) is 1. The van der Waals surface area contributed by atoms with Crippen molar-refractivity contribution in [3.8, 4) is 5.75 Å². The van der Waals surface area contributed by atoms with Gasteiger partial charge in [-0.2, -0.15) is 0 Å². The van der Waals surface area contributed by atoms with Crippen molar-refractivity contribution in [3.63, 3.8) is 0 Å². The lowest BCUT2D eigenvalue weighted by Gasteiger charge is -2.41. The molecule has 5 nitrogen and oxygen atoms in total. The Balaban J connectivity index is 1.23. The summed E-state index contributed by atoms with van der Waals surface area (Å²) in [4.78, 5) is 18.4. The van der Waals surface area contributed by atoms with E-state index in [-0.39, 0.29) is 30.1 Å². The topological polar surface area (TPSA) is 57.4 Å². The Labute approximate surface area is 203 Å². The summed E-state index contributed by atoms with van der Waals surface area (Å²) < 4.78 is 34.2. The Morgan fingerprint density at radius 2 is 2.00 bits per heavy atom. The van der Waals surface area contributed by atoms with Crippen molar-refractivity contribution in [2.24, 2.45) is 0 Å². The largest absolute Gasteiger partial charge is 0.484 e. The molecule has 3 aliphatic rings. The van der Waals surface area contributed by atoms with E-state index in [4.69, 9.17) is 4.74 Å². The molecule has 0 unspecified atom stereocenters. The molecule has 35 heavy (non-hydrogen) atoms. The molecule has 0 bridgehead atoms. The maximum absolute atomic E-state index is 14.5. The van der Waals surface area contributed by atoms with E-state index in [9.17, 15) is 13.6 Å². The van der Waals surface area contributed by atoms with Crippen LogP contribution in [0, 0.1) is 11.6 Å². The highest BCUT2D eigenvalue weighted by atomic mass is 19.1. The number of nitrogens with zero attached hydrogens (tertiary/aromatic N) is 1. The molecule has 182 valence electrons. The van der Waals surface area contributed by atoms with Crippen LogP contribution in [0.5, 0.6) is 5.75 Å². The maximum Gasteiger partial charge on any atom is 0.252 e. The number of aromatic amines is 1. The molecule has 3 aromatic rings. The maximum atomic E-state index is 14.5. The van der Waals surface area contributed by atoms with Crippen LogP contribution in [0.2, 0.25) is 0 Å². The molecular formula is C28H29F2N3O2. The number of hydrogen-bond acceptors (Lipinski definition) is 3. The second-order valence-electron chi connectivity index (χ2n) is 9.90. The molecule has 2 heterocycles. The third kappa shape index (κ3) is 4.40. The quantitative estimate of drug-likeness (QED) is 0.447. The van der Waals surface area contributed by atoms with E-state index in [1.165, 1.54) is 18.6 Å². The van der Waals surface area contributed by atoms with Crippen molar-refractivity contribution in [2.45, 2.75) is 57.0 Å². The minimum atomic E-state index is -0.444. The molecule has 1 aliphatic heterocycles. The van der Waals surface area contributed by atoms with Crippen LogP contribution in [0.25, 0.3) is 17.0 Å². The summed E-state index contributed by atoms with van der Waals surface area (Å²) in [6, 6.07) is 8.33.